The number of methoxy groups -OCH3 is 1. The molecule has 0 amide bonds. The number of carbonyl (C=O) groups is 1. The van der Waals surface area contributed by atoms with E-state index in [1.807, 2.05) is 38.1 Å². The smallest absolute Gasteiger partial charge is 0.437 e. The molecule has 112 valence electrons. The van der Waals surface area contributed by atoms with Gasteiger partial charge in [0.25, 0.3) is 0 Å². The molecule has 0 saturated carbocycles. The van der Waals surface area contributed by atoms with E-state index in [0.717, 1.165) is 16.7 Å². The lowest BCUT2D eigenvalue weighted by Crippen LogP contribution is -2.21. The molecule has 1 atom stereocenters. The van der Waals surface area contributed by atoms with E-state index < -0.39 is 11.6 Å². The zero-order valence-electron chi connectivity index (χ0n) is 12.8. The lowest BCUT2D eigenvalue weighted by atomic mass is 9.77. The topological polar surface area (TPSA) is 59.3 Å². The molecule has 0 fully saturated rings. The highest BCUT2D eigenvalue weighted by molar-refractivity contribution is 5.63. The van der Waals surface area contributed by atoms with Gasteiger partial charge >= 0.3 is 6.16 Å². The Morgan fingerprint density at radius 3 is 2.00 bits per heavy atom. The average Bonchev–Trinajstić information content (AvgIpc) is 2.55. The summed E-state index contributed by atoms with van der Waals surface area (Å²) in [6.45, 7) is 3.88. The van der Waals surface area contributed by atoms with Crippen molar-refractivity contribution in [2.75, 3.05) is 7.11 Å². The highest BCUT2D eigenvalue weighted by atomic mass is 16.7. The average molecular weight is 295 g/mol. The van der Waals surface area contributed by atoms with Crippen molar-refractivity contribution < 1.29 is 14.3 Å². The van der Waals surface area contributed by atoms with Crippen LogP contribution in [0, 0.1) is 18.3 Å². The molecule has 0 aliphatic carbocycles. The van der Waals surface area contributed by atoms with Crippen LogP contribution in [-0.4, -0.2) is 13.3 Å². The van der Waals surface area contributed by atoms with Crippen LogP contribution in [-0.2, 0) is 10.2 Å². The second-order valence-corrected chi connectivity index (χ2v) is 5.18. The third-order valence-electron chi connectivity index (χ3n) is 3.65. The molecule has 0 heterocycles. The molecule has 0 bridgehead atoms. The second kappa shape index (κ2) is 6.31. The molecular formula is C18H17NO3. The van der Waals surface area contributed by atoms with Crippen LogP contribution < -0.4 is 4.74 Å². The van der Waals surface area contributed by atoms with Crippen molar-refractivity contribution in [2.45, 2.75) is 19.3 Å². The van der Waals surface area contributed by atoms with Crippen LogP contribution in [0.1, 0.15) is 23.6 Å². The fourth-order valence-electron chi connectivity index (χ4n) is 2.18. The summed E-state index contributed by atoms with van der Waals surface area (Å²) in [5, 5.41) is 9.66. The summed E-state index contributed by atoms with van der Waals surface area (Å²) >= 11 is 0. The third kappa shape index (κ3) is 3.09. The van der Waals surface area contributed by atoms with Crippen molar-refractivity contribution in [2.24, 2.45) is 0 Å². The summed E-state index contributed by atoms with van der Waals surface area (Å²) in [7, 11) is 1.25. The zero-order chi connectivity index (χ0) is 16.2. The number of ether oxygens (including phenoxy) is 2. The van der Waals surface area contributed by atoms with E-state index in [0.29, 0.717) is 5.75 Å². The van der Waals surface area contributed by atoms with Gasteiger partial charge in [0.05, 0.1) is 13.2 Å². The third-order valence-corrected chi connectivity index (χ3v) is 3.65. The predicted molar refractivity (Wildman–Crippen MR) is 82.7 cm³/mol. The molecule has 0 saturated heterocycles. The van der Waals surface area contributed by atoms with E-state index in [1.54, 1.807) is 24.3 Å². The molecule has 0 spiro atoms. The van der Waals surface area contributed by atoms with Crippen LogP contribution in [0.5, 0.6) is 5.75 Å². The Bertz CT molecular complexity index is 699. The first-order chi connectivity index (χ1) is 10.5. The molecule has 1 unspecified atom stereocenters. The van der Waals surface area contributed by atoms with E-state index in [9.17, 15) is 10.1 Å². The maximum absolute atomic E-state index is 11.1. The summed E-state index contributed by atoms with van der Waals surface area (Å²) < 4.78 is 9.38. The van der Waals surface area contributed by atoms with E-state index in [2.05, 4.69) is 10.8 Å². The molecule has 4 nitrogen and oxygen atoms in total. The van der Waals surface area contributed by atoms with Crippen LogP contribution in [0.4, 0.5) is 4.79 Å². The molecule has 0 aromatic heterocycles. The first-order valence-electron chi connectivity index (χ1n) is 6.84. The zero-order valence-corrected chi connectivity index (χ0v) is 12.8. The molecule has 0 radical (unpaired) electrons. The number of nitrogens with zero attached hydrogens (tertiary/aromatic N) is 1. The van der Waals surface area contributed by atoms with Gasteiger partial charge in [0, 0.05) is 0 Å². The molecule has 0 aliphatic rings. The van der Waals surface area contributed by atoms with Crippen LogP contribution in [0.25, 0.3) is 0 Å². The molecule has 2 rings (SSSR count). The second-order valence-electron chi connectivity index (χ2n) is 5.18. The Labute approximate surface area is 129 Å². The molecular weight excluding hydrogens is 278 g/mol. The molecule has 4 heteroatoms. The minimum Gasteiger partial charge on any atom is -0.437 e. The highest BCUT2D eigenvalue weighted by Crippen LogP contribution is 2.32. The van der Waals surface area contributed by atoms with E-state index in [-0.39, 0.29) is 0 Å². The maximum Gasteiger partial charge on any atom is 0.513 e. The van der Waals surface area contributed by atoms with Crippen LogP contribution >= 0.6 is 0 Å². The molecule has 0 N–H and O–H groups in total. The number of benzene rings is 2. The Balaban J connectivity index is 2.33. The largest absolute Gasteiger partial charge is 0.513 e. The Morgan fingerprint density at radius 2 is 1.55 bits per heavy atom. The van der Waals surface area contributed by atoms with E-state index >= 15 is 0 Å². The number of carbonyl (C=O) groups excluding carboxylic acids is 1. The van der Waals surface area contributed by atoms with Crippen molar-refractivity contribution in [1.29, 1.82) is 5.26 Å². The number of rotatable bonds is 3. The SMILES string of the molecule is COC(=O)Oc1ccc(C(C)(C#N)c2ccc(C)cc2)cc1. The summed E-state index contributed by atoms with van der Waals surface area (Å²) in [6.07, 6.45) is -0.769. The van der Waals surface area contributed by atoms with Gasteiger partial charge in [0.2, 0.25) is 0 Å². The van der Waals surface area contributed by atoms with Gasteiger partial charge in [-0.05, 0) is 37.1 Å². The van der Waals surface area contributed by atoms with Gasteiger partial charge in [0.15, 0.2) is 0 Å². The molecule has 2 aromatic rings. The number of hydrogen-bond donors (Lipinski definition) is 0. The number of nitriles is 1. The highest BCUT2D eigenvalue weighted by Gasteiger charge is 2.28. The lowest BCUT2D eigenvalue weighted by molar-refractivity contribution is 0.121. The first-order valence-corrected chi connectivity index (χ1v) is 6.84. The van der Waals surface area contributed by atoms with Crippen LogP contribution in [0.3, 0.4) is 0 Å². The number of hydrogen-bond acceptors (Lipinski definition) is 4. The summed E-state index contributed by atoms with van der Waals surface area (Å²) in [6, 6.07) is 17.1. The molecule has 0 aliphatic heterocycles. The van der Waals surface area contributed by atoms with E-state index in [1.165, 1.54) is 7.11 Å². The van der Waals surface area contributed by atoms with Gasteiger partial charge in [-0.25, -0.2) is 4.79 Å². The first kappa shape index (κ1) is 15.6. The summed E-state index contributed by atoms with van der Waals surface area (Å²) in [5.41, 5.74) is 2.13. The monoisotopic (exact) mass is 295 g/mol. The van der Waals surface area contributed by atoms with Gasteiger partial charge < -0.3 is 9.47 Å². The fourth-order valence-corrected chi connectivity index (χ4v) is 2.18. The maximum atomic E-state index is 11.1. The van der Waals surface area contributed by atoms with Crippen molar-refractivity contribution in [3.8, 4) is 11.8 Å². The predicted octanol–water partition coefficient (Wildman–Crippen LogP) is 3.97. The Kier molecular flexibility index (Phi) is 4.47. The van der Waals surface area contributed by atoms with Gasteiger partial charge in [-0.15, -0.1) is 0 Å². The van der Waals surface area contributed by atoms with Crippen molar-refractivity contribution >= 4 is 6.16 Å². The van der Waals surface area contributed by atoms with Gasteiger partial charge in [-0.3, -0.25) is 0 Å². The number of aryl methyl sites for hydroxylation is 1. The Hall–Kier alpha value is -2.80. The van der Waals surface area contributed by atoms with E-state index in [4.69, 9.17) is 4.74 Å². The quantitative estimate of drug-likeness (QED) is 0.635. The molecule has 22 heavy (non-hydrogen) atoms. The minimum absolute atomic E-state index is 0.375. The molecule has 2 aromatic carbocycles. The summed E-state index contributed by atoms with van der Waals surface area (Å²) in [4.78, 5) is 11.1. The van der Waals surface area contributed by atoms with Crippen LogP contribution in [0.2, 0.25) is 0 Å². The normalized spacial score (nSPS) is 12.8. The van der Waals surface area contributed by atoms with Gasteiger partial charge in [0.1, 0.15) is 11.2 Å². The standard InChI is InChI=1S/C18H17NO3/c1-13-4-6-14(7-5-13)18(2,12-19)15-8-10-16(11-9-15)22-17(20)21-3/h4-11H,1-3H3. The fraction of sp³-hybridized carbons (Fsp3) is 0.222. The minimum atomic E-state index is -0.769. The van der Waals surface area contributed by atoms with Crippen molar-refractivity contribution in [1.82, 2.24) is 0 Å². The van der Waals surface area contributed by atoms with Crippen molar-refractivity contribution in [3.05, 3.63) is 65.2 Å². The van der Waals surface area contributed by atoms with Crippen LogP contribution in [0.15, 0.2) is 48.5 Å². The lowest BCUT2D eigenvalue weighted by Gasteiger charge is -2.23. The van der Waals surface area contributed by atoms with Gasteiger partial charge in [-0.1, -0.05) is 42.0 Å². The van der Waals surface area contributed by atoms with Gasteiger partial charge in [-0.2, -0.15) is 5.26 Å². The van der Waals surface area contributed by atoms with Crippen molar-refractivity contribution in [3.63, 3.8) is 0 Å². The summed E-state index contributed by atoms with van der Waals surface area (Å²) in [5.74, 6) is 0.375. The Morgan fingerprint density at radius 1 is 1.05 bits per heavy atom.